The molecular weight excluding hydrogens is 407 g/mol. The van der Waals surface area contributed by atoms with Crippen LogP contribution in [0, 0.1) is 0 Å². The molecular formula is C19H14Cl2N2O3S. The summed E-state index contributed by atoms with van der Waals surface area (Å²) in [7, 11) is 0. The quantitative estimate of drug-likeness (QED) is 0.567. The van der Waals surface area contributed by atoms with Crippen molar-refractivity contribution in [1.29, 1.82) is 0 Å². The first-order valence-electron chi connectivity index (χ1n) is 7.82. The third-order valence-electron chi connectivity index (χ3n) is 3.73. The predicted octanol–water partition coefficient (Wildman–Crippen LogP) is 5.03. The van der Waals surface area contributed by atoms with E-state index in [4.69, 9.17) is 27.8 Å². The Bertz CT molecular complexity index is 1010. The summed E-state index contributed by atoms with van der Waals surface area (Å²) in [6.07, 6.45) is 1.66. The summed E-state index contributed by atoms with van der Waals surface area (Å²) < 4.78 is 19.8. The number of hydrogen-bond donors (Lipinski definition) is 2. The summed E-state index contributed by atoms with van der Waals surface area (Å²) in [6.45, 7) is 0. The van der Waals surface area contributed by atoms with Gasteiger partial charge >= 0.3 is 0 Å². The summed E-state index contributed by atoms with van der Waals surface area (Å²) >= 11 is 10.4. The Morgan fingerprint density at radius 1 is 1.07 bits per heavy atom. The third-order valence-corrected chi connectivity index (χ3v) is 4.96. The van der Waals surface area contributed by atoms with Crippen molar-refractivity contribution in [2.75, 3.05) is 5.32 Å². The van der Waals surface area contributed by atoms with E-state index in [9.17, 15) is 9.00 Å². The van der Waals surface area contributed by atoms with Crippen LogP contribution in [-0.4, -0.2) is 19.7 Å². The highest BCUT2D eigenvalue weighted by atomic mass is 35.5. The minimum absolute atomic E-state index is 0.0494. The molecule has 5 nitrogen and oxygen atoms in total. The van der Waals surface area contributed by atoms with Gasteiger partial charge in [0.25, 0.3) is 5.91 Å². The summed E-state index contributed by atoms with van der Waals surface area (Å²) in [4.78, 5) is 16.8. The second kappa shape index (κ2) is 8.63. The zero-order chi connectivity index (χ0) is 19.4. The molecule has 2 N–H and O–H groups in total. The van der Waals surface area contributed by atoms with Crippen molar-refractivity contribution >= 4 is 45.9 Å². The van der Waals surface area contributed by atoms with Crippen molar-refractivity contribution in [3.63, 3.8) is 0 Å². The number of nitrogens with one attached hydrogen (secondary N) is 1. The van der Waals surface area contributed by atoms with E-state index in [2.05, 4.69) is 10.3 Å². The first-order valence-corrected chi connectivity index (χ1v) is 9.85. The van der Waals surface area contributed by atoms with Crippen LogP contribution in [0.5, 0.6) is 0 Å². The normalized spacial score (nSPS) is 11.8. The van der Waals surface area contributed by atoms with E-state index in [0.717, 1.165) is 0 Å². The molecule has 0 saturated heterocycles. The van der Waals surface area contributed by atoms with Crippen LogP contribution in [0.1, 0.15) is 15.9 Å². The topological polar surface area (TPSA) is 79.3 Å². The van der Waals surface area contributed by atoms with Gasteiger partial charge in [0.05, 0.1) is 27.1 Å². The molecule has 0 radical (unpaired) electrons. The Labute approximate surface area is 168 Å². The maximum Gasteiger partial charge on any atom is 0.257 e. The predicted molar refractivity (Wildman–Crippen MR) is 109 cm³/mol. The Morgan fingerprint density at radius 2 is 1.89 bits per heavy atom. The summed E-state index contributed by atoms with van der Waals surface area (Å²) in [5, 5.41) is 3.50. The zero-order valence-corrected chi connectivity index (χ0v) is 16.2. The number of pyridine rings is 1. The number of hydrogen-bond acceptors (Lipinski definition) is 3. The molecule has 1 atom stereocenters. The Hall–Kier alpha value is -2.25. The van der Waals surface area contributed by atoms with Gasteiger partial charge in [-0.25, -0.2) is 4.21 Å². The van der Waals surface area contributed by atoms with Gasteiger partial charge in [0.15, 0.2) is 11.1 Å². The maximum atomic E-state index is 12.5. The fraction of sp³-hybridized carbons (Fsp3) is 0.0526. The average Bonchev–Trinajstić information content (AvgIpc) is 2.63. The van der Waals surface area contributed by atoms with Crippen LogP contribution in [0.2, 0.25) is 10.0 Å². The van der Waals surface area contributed by atoms with Crippen molar-refractivity contribution in [1.82, 2.24) is 4.98 Å². The van der Waals surface area contributed by atoms with Gasteiger partial charge in [-0.2, -0.15) is 0 Å². The highest BCUT2D eigenvalue weighted by Gasteiger charge is 2.13. The van der Waals surface area contributed by atoms with Gasteiger partial charge in [-0.15, -0.1) is 0 Å². The molecule has 1 amide bonds. The molecule has 27 heavy (non-hydrogen) atoms. The van der Waals surface area contributed by atoms with Crippen LogP contribution in [0.3, 0.4) is 0 Å². The van der Waals surface area contributed by atoms with Gasteiger partial charge in [-0.3, -0.25) is 9.78 Å². The Morgan fingerprint density at radius 3 is 2.56 bits per heavy atom. The number of anilines is 1. The van der Waals surface area contributed by atoms with Gasteiger partial charge in [0.1, 0.15) is 0 Å². The maximum absolute atomic E-state index is 12.5. The van der Waals surface area contributed by atoms with E-state index in [1.54, 1.807) is 36.5 Å². The molecule has 3 rings (SSSR count). The van der Waals surface area contributed by atoms with Crippen molar-refractivity contribution in [3.8, 4) is 11.3 Å². The number of carbonyl (C=O) groups is 1. The number of rotatable bonds is 5. The summed E-state index contributed by atoms with van der Waals surface area (Å²) in [6, 6.07) is 15.2. The smallest absolute Gasteiger partial charge is 0.257 e. The number of halogens is 2. The third kappa shape index (κ3) is 4.93. The molecule has 1 heterocycles. The minimum Gasteiger partial charge on any atom is -0.322 e. The Balaban J connectivity index is 1.83. The minimum atomic E-state index is -1.97. The largest absolute Gasteiger partial charge is 0.322 e. The van der Waals surface area contributed by atoms with Crippen LogP contribution in [0.4, 0.5) is 5.69 Å². The molecule has 1 aromatic heterocycles. The van der Waals surface area contributed by atoms with Crippen molar-refractivity contribution in [2.45, 2.75) is 5.75 Å². The Kier molecular flexibility index (Phi) is 6.23. The first-order chi connectivity index (χ1) is 12.9. The number of nitrogens with zero attached hydrogens (tertiary/aromatic N) is 1. The molecule has 0 aliphatic rings. The molecule has 0 bridgehead atoms. The molecule has 3 aromatic rings. The van der Waals surface area contributed by atoms with Crippen LogP contribution >= 0.6 is 23.2 Å². The van der Waals surface area contributed by atoms with E-state index in [1.165, 1.54) is 12.1 Å². The van der Waals surface area contributed by atoms with E-state index < -0.39 is 17.0 Å². The molecule has 0 spiro atoms. The molecule has 0 aliphatic carbocycles. The second-order valence-corrected chi connectivity index (χ2v) is 7.39. The van der Waals surface area contributed by atoms with Crippen LogP contribution in [0.15, 0.2) is 60.8 Å². The summed E-state index contributed by atoms with van der Waals surface area (Å²) in [5.74, 6) is -0.447. The van der Waals surface area contributed by atoms with E-state index in [1.807, 2.05) is 12.1 Å². The molecule has 138 valence electrons. The number of amides is 1. The van der Waals surface area contributed by atoms with Gasteiger partial charge < -0.3 is 9.87 Å². The molecule has 0 fully saturated rings. The number of benzene rings is 2. The lowest BCUT2D eigenvalue weighted by Gasteiger charge is -2.10. The monoisotopic (exact) mass is 420 g/mol. The number of carbonyl (C=O) groups excluding carboxylic acids is 1. The lowest BCUT2D eigenvalue weighted by Crippen LogP contribution is -2.13. The zero-order valence-electron chi connectivity index (χ0n) is 13.9. The second-order valence-electron chi connectivity index (χ2n) is 5.64. The van der Waals surface area contributed by atoms with Crippen LogP contribution < -0.4 is 5.32 Å². The molecule has 2 aromatic carbocycles. The van der Waals surface area contributed by atoms with E-state index in [0.29, 0.717) is 27.5 Å². The summed E-state index contributed by atoms with van der Waals surface area (Å²) in [5.41, 5.74) is 2.77. The number of aromatic nitrogens is 1. The first kappa shape index (κ1) is 19.5. The lowest BCUT2D eigenvalue weighted by atomic mass is 10.1. The highest BCUT2D eigenvalue weighted by Crippen LogP contribution is 2.29. The van der Waals surface area contributed by atoms with Gasteiger partial charge in [0, 0.05) is 17.4 Å². The SMILES string of the molecule is O=C(Nc1ccc(Cl)c(-c2ccccn2)c1)c1ccc(CS(=O)O)cc1Cl. The van der Waals surface area contributed by atoms with Crippen molar-refractivity contribution < 1.29 is 13.6 Å². The van der Waals surface area contributed by atoms with E-state index in [-0.39, 0.29) is 16.3 Å². The molecule has 0 saturated carbocycles. The fourth-order valence-electron chi connectivity index (χ4n) is 2.49. The van der Waals surface area contributed by atoms with Crippen LogP contribution in [0.25, 0.3) is 11.3 Å². The standard InChI is InChI=1S/C19H14Cl2N2O3S/c20-16-7-5-13(10-15(16)18-3-1-2-8-22-18)23-19(24)14-6-4-12(9-17(14)21)11-27(25)26/h1-10H,11H2,(H,23,24)(H,25,26). The fourth-order valence-corrected chi connectivity index (χ4v) is 3.46. The van der Waals surface area contributed by atoms with E-state index >= 15 is 0 Å². The lowest BCUT2D eigenvalue weighted by molar-refractivity contribution is 0.102. The van der Waals surface area contributed by atoms with Gasteiger partial charge in [-0.05, 0) is 48.0 Å². The van der Waals surface area contributed by atoms with Crippen molar-refractivity contribution in [2.24, 2.45) is 0 Å². The van der Waals surface area contributed by atoms with Gasteiger partial charge in [0.2, 0.25) is 0 Å². The van der Waals surface area contributed by atoms with Gasteiger partial charge in [-0.1, -0.05) is 35.3 Å². The molecule has 1 unspecified atom stereocenters. The average molecular weight is 421 g/mol. The van der Waals surface area contributed by atoms with Crippen LogP contribution in [-0.2, 0) is 16.8 Å². The highest BCUT2D eigenvalue weighted by molar-refractivity contribution is 7.78. The van der Waals surface area contributed by atoms with Crippen molar-refractivity contribution in [3.05, 3.63) is 82.0 Å². The molecule has 0 aliphatic heterocycles. The molecule has 8 heteroatoms.